The van der Waals surface area contributed by atoms with Gasteiger partial charge in [0.1, 0.15) is 6.61 Å². The van der Waals surface area contributed by atoms with Crippen LogP contribution in [0.15, 0.2) is 41.5 Å². The Hall–Kier alpha value is -2.32. The Labute approximate surface area is 185 Å². The van der Waals surface area contributed by atoms with Gasteiger partial charge in [0.2, 0.25) is 0 Å². The van der Waals surface area contributed by atoms with Crippen molar-refractivity contribution in [2.75, 3.05) is 40.0 Å². The number of nitrogens with zero attached hydrogens (tertiary/aromatic N) is 2. The van der Waals surface area contributed by atoms with E-state index in [1.54, 1.807) is 37.6 Å². The molecule has 0 aliphatic carbocycles. The largest absolute Gasteiger partial charge is 0.493 e. The predicted molar refractivity (Wildman–Crippen MR) is 117 cm³/mol. The quantitative estimate of drug-likeness (QED) is 0.491. The molecule has 0 unspecified atom stereocenters. The molecule has 9 heteroatoms. The molecule has 30 heavy (non-hydrogen) atoms. The van der Waals surface area contributed by atoms with E-state index in [0.29, 0.717) is 47.9 Å². The molecule has 0 saturated carbocycles. The van der Waals surface area contributed by atoms with Gasteiger partial charge in [0.15, 0.2) is 11.5 Å². The number of hydrogen-bond acceptors (Lipinski definition) is 6. The highest BCUT2D eigenvalue weighted by Gasteiger charge is 2.13. The minimum atomic E-state index is -0.165. The Kier molecular flexibility index (Phi) is 8.33. The van der Waals surface area contributed by atoms with Crippen molar-refractivity contribution in [1.29, 1.82) is 0 Å². The SMILES string of the molecule is COc1cc(/C=N\NC(=O)CN2CCOCC2)ccc1OCc1ccc(Cl)c(Cl)c1. The number of ether oxygens (including phenoxy) is 3. The van der Waals surface area contributed by atoms with Gasteiger partial charge in [0.05, 0.1) is 43.1 Å². The number of amides is 1. The lowest BCUT2D eigenvalue weighted by Crippen LogP contribution is -2.42. The van der Waals surface area contributed by atoms with Gasteiger partial charge in [-0.05, 0) is 41.5 Å². The minimum absolute atomic E-state index is 0.165. The molecule has 7 nitrogen and oxygen atoms in total. The number of benzene rings is 2. The fraction of sp³-hybridized carbons (Fsp3) is 0.333. The number of hydrogen-bond donors (Lipinski definition) is 1. The van der Waals surface area contributed by atoms with Crippen molar-refractivity contribution in [2.24, 2.45) is 5.10 Å². The van der Waals surface area contributed by atoms with Gasteiger partial charge >= 0.3 is 0 Å². The molecule has 0 spiro atoms. The summed E-state index contributed by atoms with van der Waals surface area (Å²) < 4.78 is 16.5. The summed E-state index contributed by atoms with van der Waals surface area (Å²) in [5.74, 6) is 0.970. The zero-order chi connectivity index (χ0) is 21.3. The molecule has 2 aromatic rings. The van der Waals surface area contributed by atoms with Crippen molar-refractivity contribution in [2.45, 2.75) is 6.61 Å². The van der Waals surface area contributed by atoms with Crippen LogP contribution in [0.2, 0.25) is 10.0 Å². The topological polar surface area (TPSA) is 72.4 Å². The van der Waals surface area contributed by atoms with Crippen LogP contribution in [0, 0.1) is 0 Å². The zero-order valence-electron chi connectivity index (χ0n) is 16.6. The normalized spacial score (nSPS) is 14.6. The van der Waals surface area contributed by atoms with E-state index in [1.165, 1.54) is 0 Å². The second kappa shape index (κ2) is 11.2. The minimum Gasteiger partial charge on any atom is -0.493 e. The number of rotatable bonds is 8. The van der Waals surface area contributed by atoms with Gasteiger partial charge in [-0.1, -0.05) is 29.3 Å². The second-order valence-corrected chi connectivity index (χ2v) is 7.44. The first-order valence-electron chi connectivity index (χ1n) is 9.42. The average molecular weight is 452 g/mol. The van der Waals surface area contributed by atoms with Crippen LogP contribution in [0.5, 0.6) is 11.5 Å². The molecule has 1 heterocycles. The summed E-state index contributed by atoms with van der Waals surface area (Å²) in [6, 6.07) is 10.7. The van der Waals surface area contributed by atoms with Crippen LogP contribution >= 0.6 is 23.2 Å². The molecular formula is C21H23Cl2N3O4. The molecule has 0 radical (unpaired) electrons. The van der Waals surface area contributed by atoms with Crippen molar-refractivity contribution >= 4 is 35.3 Å². The molecule has 1 amide bonds. The summed E-state index contributed by atoms with van der Waals surface area (Å²) in [5, 5.41) is 5.00. The lowest BCUT2D eigenvalue weighted by molar-refractivity contribution is -0.123. The smallest absolute Gasteiger partial charge is 0.254 e. The van der Waals surface area contributed by atoms with Crippen molar-refractivity contribution in [3.05, 3.63) is 57.6 Å². The van der Waals surface area contributed by atoms with E-state index in [2.05, 4.69) is 10.5 Å². The number of carbonyl (C=O) groups is 1. The Morgan fingerprint density at radius 3 is 2.70 bits per heavy atom. The summed E-state index contributed by atoms with van der Waals surface area (Å²) in [5.41, 5.74) is 4.19. The van der Waals surface area contributed by atoms with Gasteiger partial charge in [0.25, 0.3) is 5.91 Å². The second-order valence-electron chi connectivity index (χ2n) is 6.63. The average Bonchev–Trinajstić information content (AvgIpc) is 2.75. The van der Waals surface area contributed by atoms with Gasteiger partial charge in [-0.25, -0.2) is 5.43 Å². The third-order valence-electron chi connectivity index (χ3n) is 4.44. The Balaban J connectivity index is 1.54. The number of hydrazone groups is 1. The van der Waals surface area contributed by atoms with E-state index in [1.807, 2.05) is 17.0 Å². The standard InChI is InChI=1S/C21H23Cl2N3O4/c1-28-20-11-15(12-24-25-21(27)13-26-6-8-29-9-7-26)3-5-19(20)30-14-16-2-4-17(22)18(23)10-16/h2-5,10-12H,6-9,13-14H2,1H3,(H,25,27)/b24-12-. The van der Waals surface area contributed by atoms with Crippen LogP contribution < -0.4 is 14.9 Å². The van der Waals surface area contributed by atoms with Crippen molar-refractivity contribution in [1.82, 2.24) is 10.3 Å². The van der Waals surface area contributed by atoms with Crippen LogP contribution in [0.4, 0.5) is 0 Å². The first-order valence-corrected chi connectivity index (χ1v) is 10.2. The first-order chi connectivity index (χ1) is 14.5. The van der Waals surface area contributed by atoms with E-state index in [4.69, 9.17) is 37.4 Å². The molecule has 0 atom stereocenters. The maximum absolute atomic E-state index is 12.0. The van der Waals surface area contributed by atoms with Gasteiger partial charge in [-0.15, -0.1) is 0 Å². The van der Waals surface area contributed by atoms with Gasteiger partial charge in [0, 0.05) is 13.1 Å². The molecule has 3 rings (SSSR count). The zero-order valence-corrected chi connectivity index (χ0v) is 18.1. The number of nitrogens with one attached hydrogen (secondary N) is 1. The number of methoxy groups -OCH3 is 1. The Morgan fingerprint density at radius 2 is 1.97 bits per heavy atom. The van der Waals surface area contributed by atoms with Gasteiger partial charge in [-0.3, -0.25) is 9.69 Å². The highest BCUT2D eigenvalue weighted by Crippen LogP contribution is 2.29. The molecule has 1 fully saturated rings. The lowest BCUT2D eigenvalue weighted by Gasteiger charge is -2.25. The highest BCUT2D eigenvalue weighted by atomic mass is 35.5. The molecule has 1 aliphatic heterocycles. The van der Waals surface area contributed by atoms with Crippen molar-refractivity contribution in [3.8, 4) is 11.5 Å². The summed E-state index contributed by atoms with van der Waals surface area (Å²) in [6.45, 7) is 3.41. The van der Waals surface area contributed by atoms with E-state index in [-0.39, 0.29) is 5.91 Å². The van der Waals surface area contributed by atoms with E-state index >= 15 is 0 Å². The van der Waals surface area contributed by atoms with Crippen molar-refractivity contribution < 1.29 is 19.0 Å². The molecule has 2 aromatic carbocycles. The van der Waals surface area contributed by atoms with Crippen LogP contribution in [-0.4, -0.2) is 57.0 Å². The molecule has 0 bridgehead atoms. The molecular weight excluding hydrogens is 429 g/mol. The fourth-order valence-corrected chi connectivity index (χ4v) is 3.17. The summed E-state index contributed by atoms with van der Waals surface area (Å²) in [7, 11) is 1.56. The van der Waals surface area contributed by atoms with Crippen LogP contribution in [-0.2, 0) is 16.1 Å². The lowest BCUT2D eigenvalue weighted by atomic mass is 10.2. The molecule has 1 N–H and O–H groups in total. The number of halogens is 2. The molecule has 1 aliphatic rings. The maximum atomic E-state index is 12.0. The maximum Gasteiger partial charge on any atom is 0.254 e. The monoisotopic (exact) mass is 451 g/mol. The molecule has 160 valence electrons. The summed E-state index contributed by atoms with van der Waals surface area (Å²) in [4.78, 5) is 14.0. The summed E-state index contributed by atoms with van der Waals surface area (Å²) in [6.07, 6.45) is 1.56. The fourth-order valence-electron chi connectivity index (χ4n) is 2.85. The van der Waals surface area contributed by atoms with E-state index in [9.17, 15) is 4.79 Å². The summed E-state index contributed by atoms with van der Waals surface area (Å²) >= 11 is 12.0. The third-order valence-corrected chi connectivity index (χ3v) is 5.18. The van der Waals surface area contributed by atoms with Crippen LogP contribution in [0.25, 0.3) is 0 Å². The molecule has 0 aromatic heterocycles. The van der Waals surface area contributed by atoms with Crippen molar-refractivity contribution in [3.63, 3.8) is 0 Å². The highest BCUT2D eigenvalue weighted by molar-refractivity contribution is 6.42. The predicted octanol–water partition coefficient (Wildman–Crippen LogP) is 3.36. The van der Waals surface area contributed by atoms with E-state index < -0.39 is 0 Å². The first kappa shape index (κ1) is 22.4. The number of morpholine rings is 1. The Bertz CT molecular complexity index is 902. The van der Waals surface area contributed by atoms with E-state index in [0.717, 1.165) is 24.2 Å². The molecule has 1 saturated heterocycles. The van der Waals surface area contributed by atoms with Crippen LogP contribution in [0.3, 0.4) is 0 Å². The Morgan fingerprint density at radius 1 is 1.17 bits per heavy atom. The van der Waals surface area contributed by atoms with Gasteiger partial charge < -0.3 is 14.2 Å². The third kappa shape index (κ3) is 6.60. The van der Waals surface area contributed by atoms with Crippen LogP contribution in [0.1, 0.15) is 11.1 Å². The number of carbonyl (C=O) groups excluding carboxylic acids is 1. The van der Waals surface area contributed by atoms with Gasteiger partial charge in [-0.2, -0.15) is 5.10 Å².